The maximum Gasteiger partial charge on any atom is 0.230 e. The molecule has 0 aliphatic carbocycles. The SMILES string of the molecule is Cc1cccc(-n2nc(CC(=O)Nc3ccc(F)cc3Br)cc2-c2ccc3ncnn3c2)n1. The summed E-state index contributed by atoms with van der Waals surface area (Å²) in [7, 11) is 0. The van der Waals surface area contributed by atoms with Gasteiger partial charge >= 0.3 is 0 Å². The van der Waals surface area contributed by atoms with Gasteiger partial charge in [0.05, 0.1) is 23.5 Å². The second kappa shape index (κ2) is 8.55. The van der Waals surface area contributed by atoms with Gasteiger partial charge in [0.1, 0.15) is 12.1 Å². The molecule has 0 fully saturated rings. The number of nitrogens with one attached hydrogen (secondary N) is 1. The first-order valence-electron chi connectivity index (χ1n) is 10.0. The van der Waals surface area contributed by atoms with Crippen molar-refractivity contribution in [3.8, 4) is 17.1 Å². The largest absolute Gasteiger partial charge is 0.325 e. The predicted octanol–water partition coefficient (Wildman–Crippen LogP) is 4.37. The van der Waals surface area contributed by atoms with Crippen LogP contribution in [0.1, 0.15) is 11.4 Å². The van der Waals surface area contributed by atoms with Gasteiger partial charge in [0, 0.05) is 21.9 Å². The van der Waals surface area contributed by atoms with Gasteiger partial charge < -0.3 is 5.32 Å². The minimum atomic E-state index is -0.390. The molecule has 33 heavy (non-hydrogen) atoms. The number of pyridine rings is 2. The van der Waals surface area contributed by atoms with Gasteiger partial charge in [-0.2, -0.15) is 10.2 Å². The number of amides is 1. The molecule has 0 atom stereocenters. The smallest absolute Gasteiger partial charge is 0.230 e. The maximum absolute atomic E-state index is 13.3. The molecule has 0 bridgehead atoms. The van der Waals surface area contributed by atoms with E-state index in [1.54, 1.807) is 9.20 Å². The van der Waals surface area contributed by atoms with Crippen LogP contribution in [0.4, 0.5) is 10.1 Å². The fourth-order valence-corrected chi connectivity index (χ4v) is 3.91. The van der Waals surface area contributed by atoms with Crippen LogP contribution in [0.25, 0.3) is 22.7 Å². The first-order valence-corrected chi connectivity index (χ1v) is 10.8. The summed E-state index contributed by atoms with van der Waals surface area (Å²) in [6.45, 7) is 1.91. The highest BCUT2D eigenvalue weighted by molar-refractivity contribution is 9.10. The van der Waals surface area contributed by atoms with Gasteiger partial charge in [-0.15, -0.1) is 0 Å². The van der Waals surface area contributed by atoms with Gasteiger partial charge in [0.2, 0.25) is 5.91 Å². The van der Waals surface area contributed by atoms with E-state index in [9.17, 15) is 9.18 Å². The highest BCUT2D eigenvalue weighted by Gasteiger charge is 2.17. The average molecular weight is 506 g/mol. The summed E-state index contributed by atoms with van der Waals surface area (Å²) >= 11 is 3.27. The molecule has 0 aliphatic heterocycles. The molecule has 0 unspecified atom stereocenters. The second-order valence-corrected chi connectivity index (χ2v) is 8.25. The minimum absolute atomic E-state index is 0.0290. The summed E-state index contributed by atoms with van der Waals surface area (Å²) in [6.07, 6.45) is 3.37. The Morgan fingerprint density at radius 2 is 2.03 bits per heavy atom. The van der Waals surface area contributed by atoms with Crippen molar-refractivity contribution >= 4 is 33.2 Å². The van der Waals surface area contributed by atoms with Crippen LogP contribution in [-0.2, 0) is 11.2 Å². The number of benzene rings is 1. The Labute approximate surface area is 196 Å². The molecule has 0 spiro atoms. The first kappa shape index (κ1) is 21.0. The van der Waals surface area contributed by atoms with Crippen LogP contribution in [0, 0.1) is 12.7 Å². The number of anilines is 1. The molecule has 4 heterocycles. The molecule has 164 valence electrons. The molecule has 5 rings (SSSR count). The number of nitrogens with zero attached hydrogens (tertiary/aromatic N) is 6. The molecule has 10 heteroatoms. The number of hydrogen-bond donors (Lipinski definition) is 1. The molecule has 8 nitrogen and oxygen atoms in total. The third-order valence-electron chi connectivity index (χ3n) is 4.97. The summed E-state index contributed by atoms with van der Waals surface area (Å²) in [4.78, 5) is 21.5. The van der Waals surface area contributed by atoms with Gasteiger partial charge in [-0.05, 0) is 71.4 Å². The van der Waals surface area contributed by atoms with E-state index < -0.39 is 5.82 Å². The lowest BCUT2D eigenvalue weighted by atomic mass is 10.1. The highest BCUT2D eigenvalue weighted by atomic mass is 79.9. The second-order valence-electron chi connectivity index (χ2n) is 7.40. The van der Waals surface area contributed by atoms with Gasteiger partial charge in [-0.25, -0.2) is 23.6 Å². The third kappa shape index (κ3) is 4.37. The summed E-state index contributed by atoms with van der Waals surface area (Å²) in [5.74, 6) is -0.0303. The number of carbonyl (C=O) groups excluding carboxylic acids is 1. The molecule has 0 saturated carbocycles. The zero-order valence-electron chi connectivity index (χ0n) is 17.4. The molecule has 1 aromatic carbocycles. The van der Waals surface area contributed by atoms with Gasteiger partial charge in [0.15, 0.2) is 11.5 Å². The van der Waals surface area contributed by atoms with E-state index in [2.05, 4.69) is 41.4 Å². The van der Waals surface area contributed by atoms with Crippen LogP contribution in [-0.4, -0.2) is 35.3 Å². The topological polar surface area (TPSA) is 90.0 Å². The van der Waals surface area contributed by atoms with Crippen molar-refractivity contribution in [1.29, 1.82) is 0 Å². The zero-order valence-corrected chi connectivity index (χ0v) is 19.0. The Morgan fingerprint density at radius 1 is 1.15 bits per heavy atom. The number of hydrogen-bond acceptors (Lipinski definition) is 5. The fraction of sp³-hybridized carbons (Fsp3) is 0.0870. The summed E-state index contributed by atoms with van der Waals surface area (Å²) in [6, 6.07) is 15.4. The third-order valence-corrected chi connectivity index (χ3v) is 5.62. The number of aryl methyl sites for hydroxylation is 1. The van der Waals surface area contributed by atoms with Crippen molar-refractivity contribution < 1.29 is 9.18 Å². The van der Waals surface area contributed by atoms with E-state index in [0.29, 0.717) is 21.7 Å². The number of aromatic nitrogens is 6. The van der Waals surface area contributed by atoms with E-state index in [-0.39, 0.29) is 12.3 Å². The molecule has 0 radical (unpaired) electrons. The van der Waals surface area contributed by atoms with Crippen molar-refractivity contribution in [2.24, 2.45) is 0 Å². The van der Waals surface area contributed by atoms with Crippen molar-refractivity contribution in [2.75, 3.05) is 5.32 Å². The van der Waals surface area contributed by atoms with Gasteiger partial charge in [0.25, 0.3) is 0 Å². The van der Waals surface area contributed by atoms with Gasteiger partial charge in [-0.3, -0.25) is 4.79 Å². The number of halogens is 2. The molecular weight excluding hydrogens is 489 g/mol. The molecular formula is C23H17BrFN7O. The summed E-state index contributed by atoms with van der Waals surface area (Å²) in [5.41, 5.74) is 4.22. The van der Waals surface area contributed by atoms with Crippen molar-refractivity contribution in [3.05, 3.63) is 88.8 Å². The predicted molar refractivity (Wildman–Crippen MR) is 125 cm³/mol. The lowest BCUT2D eigenvalue weighted by Gasteiger charge is -2.08. The minimum Gasteiger partial charge on any atom is -0.325 e. The number of fused-ring (bicyclic) bond motifs is 1. The summed E-state index contributed by atoms with van der Waals surface area (Å²) < 4.78 is 17.2. The van der Waals surface area contributed by atoms with E-state index in [1.807, 2.05) is 49.5 Å². The Bertz CT molecular complexity index is 1490. The van der Waals surface area contributed by atoms with Crippen LogP contribution in [0.3, 0.4) is 0 Å². The lowest BCUT2D eigenvalue weighted by molar-refractivity contribution is -0.115. The number of carbonyl (C=O) groups is 1. The van der Waals surface area contributed by atoms with Crippen molar-refractivity contribution in [1.82, 2.24) is 29.4 Å². The Hall–Kier alpha value is -3.92. The highest BCUT2D eigenvalue weighted by Crippen LogP contribution is 2.26. The number of rotatable bonds is 5. The van der Waals surface area contributed by atoms with E-state index in [0.717, 1.165) is 22.6 Å². The Kier molecular flexibility index (Phi) is 5.43. The van der Waals surface area contributed by atoms with Gasteiger partial charge in [-0.1, -0.05) is 6.07 Å². The van der Waals surface area contributed by atoms with Crippen molar-refractivity contribution in [2.45, 2.75) is 13.3 Å². The maximum atomic E-state index is 13.3. The van der Waals surface area contributed by atoms with Crippen LogP contribution >= 0.6 is 15.9 Å². The fourth-order valence-electron chi connectivity index (χ4n) is 3.46. The van der Waals surface area contributed by atoms with Crippen LogP contribution in [0.5, 0.6) is 0 Å². The molecule has 4 aromatic heterocycles. The monoisotopic (exact) mass is 505 g/mol. The van der Waals surface area contributed by atoms with E-state index in [4.69, 9.17) is 0 Å². The molecule has 0 aliphatic rings. The normalized spacial score (nSPS) is 11.1. The average Bonchev–Trinajstić information content (AvgIpc) is 3.42. The molecule has 1 amide bonds. The molecule has 5 aromatic rings. The first-order chi connectivity index (χ1) is 16.0. The molecule has 0 saturated heterocycles. The van der Waals surface area contributed by atoms with E-state index in [1.165, 1.54) is 24.5 Å². The van der Waals surface area contributed by atoms with Crippen LogP contribution in [0.15, 0.2) is 71.6 Å². The van der Waals surface area contributed by atoms with Crippen LogP contribution < -0.4 is 5.32 Å². The molecule has 1 N–H and O–H groups in total. The Morgan fingerprint density at radius 3 is 2.85 bits per heavy atom. The zero-order chi connectivity index (χ0) is 22.9. The van der Waals surface area contributed by atoms with Crippen LogP contribution in [0.2, 0.25) is 0 Å². The van der Waals surface area contributed by atoms with E-state index >= 15 is 0 Å². The van der Waals surface area contributed by atoms with Crippen molar-refractivity contribution in [3.63, 3.8) is 0 Å². The Balaban J connectivity index is 1.50. The summed E-state index contributed by atoms with van der Waals surface area (Å²) in [5, 5.41) is 11.6. The standard InChI is InChI=1S/C23H17BrFN7O/c1-14-3-2-4-22(28-14)32-20(15-5-8-21-26-13-27-31(21)12-15)10-17(30-32)11-23(33)29-19-7-6-16(25)9-18(19)24/h2-10,12-13H,11H2,1H3,(H,29,33). The quantitative estimate of drug-likeness (QED) is 0.383. The lowest BCUT2D eigenvalue weighted by Crippen LogP contribution is -2.15.